The van der Waals surface area contributed by atoms with Gasteiger partial charge in [-0.25, -0.2) is 0 Å². The summed E-state index contributed by atoms with van der Waals surface area (Å²) < 4.78 is 39.8. The summed E-state index contributed by atoms with van der Waals surface area (Å²) >= 11 is 0. The molecule has 0 amide bonds. The molecule has 3 rings (SSSR count). The molecule has 2 aliphatic carbocycles. The zero-order chi connectivity index (χ0) is 16.0. The maximum absolute atomic E-state index is 13.3. The number of fused-ring (bicyclic) bond motifs is 3. The van der Waals surface area contributed by atoms with Crippen LogP contribution in [0.4, 0.5) is 13.2 Å². The summed E-state index contributed by atoms with van der Waals surface area (Å²) in [7, 11) is 0. The Morgan fingerprint density at radius 2 is 2.05 bits per heavy atom. The summed E-state index contributed by atoms with van der Waals surface area (Å²) in [6.45, 7) is 0. The lowest BCUT2D eigenvalue weighted by atomic mass is 9.59. The number of aryl methyl sites for hydroxylation is 1. The average Bonchev–Trinajstić information content (AvgIpc) is 2.54. The number of hydrogen-bond donors (Lipinski definition) is 1. The van der Waals surface area contributed by atoms with Crippen LogP contribution in [0.2, 0.25) is 0 Å². The third-order valence-corrected chi connectivity index (χ3v) is 5.25. The topological polar surface area (TPSA) is 37.3 Å². The summed E-state index contributed by atoms with van der Waals surface area (Å²) in [6.07, 6.45) is -2.37. The van der Waals surface area contributed by atoms with Gasteiger partial charge in [-0.2, -0.15) is 13.2 Å². The Labute approximate surface area is 127 Å². The molecule has 2 aliphatic rings. The van der Waals surface area contributed by atoms with Crippen molar-refractivity contribution < 1.29 is 23.1 Å². The second-order valence-corrected chi connectivity index (χ2v) is 6.62. The molecule has 2 atom stereocenters. The molecule has 5 heteroatoms. The fourth-order valence-electron chi connectivity index (χ4n) is 4.37. The predicted molar refractivity (Wildman–Crippen MR) is 75.7 cm³/mol. The first kappa shape index (κ1) is 15.4. The zero-order valence-electron chi connectivity index (χ0n) is 12.2. The van der Waals surface area contributed by atoms with Crippen molar-refractivity contribution in [3.63, 3.8) is 0 Å². The van der Waals surface area contributed by atoms with Gasteiger partial charge in [0.25, 0.3) is 0 Å². The third kappa shape index (κ3) is 2.73. The van der Waals surface area contributed by atoms with Crippen molar-refractivity contribution >= 4 is 5.78 Å². The maximum Gasteiger partial charge on any atom is 0.389 e. The first-order valence-electron chi connectivity index (χ1n) is 7.71. The van der Waals surface area contributed by atoms with E-state index in [4.69, 9.17) is 0 Å². The number of rotatable bonds is 1. The van der Waals surface area contributed by atoms with Crippen LogP contribution in [-0.4, -0.2) is 17.1 Å². The molecule has 0 aliphatic heterocycles. The summed E-state index contributed by atoms with van der Waals surface area (Å²) in [5.74, 6) is -0.0857. The van der Waals surface area contributed by atoms with Gasteiger partial charge in [-0.15, -0.1) is 0 Å². The Hall–Kier alpha value is -1.52. The van der Waals surface area contributed by atoms with Gasteiger partial charge in [0, 0.05) is 18.3 Å². The van der Waals surface area contributed by atoms with E-state index < -0.39 is 18.0 Å². The molecule has 1 saturated carbocycles. The van der Waals surface area contributed by atoms with E-state index in [2.05, 4.69) is 0 Å². The number of Topliss-reactive ketones (excluding diaryl/α,β-unsaturated/α-hetero) is 1. The number of aromatic hydroxyl groups is 1. The molecule has 1 aromatic carbocycles. The van der Waals surface area contributed by atoms with Gasteiger partial charge in [-0.3, -0.25) is 4.79 Å². The Morgan fingerprint density at radius 3 is 2.77 bits per heavy atom. The van der Waals surface area contributed by atoms with Crippen LogP contribution in [0, 0.1) is 5.92 Å². The van der Waals surface area contributed by atoms with Gasteiger partial charge < -0.3 is 5.11 Å². The first-order chi connectivity index (χ1) is 10.3. The average molecular weight is 312 g/mol. The molecule has 0 bridgehead atoms. The predicted octanol–water partition coefficient (Wildman–Crippen LogP) is 4.29. The Kier molecular flexibility index (Phi) is 3.69. The highest BCUT2D eigenvalue weighted by molar-refractivity contribution is 5.80. The standard InChI is InChI=1S/C17H19F3O2/c18-17(19,20)10-16-7-6-14(22)9-12(16)3-1-2-11-8-13(21)4-5-15(11)16/h4-5,8,12,21H,1-3,6-7,9-10H2/t12-,16-/m1/s1. The second-order valence-electron chi connectivity index (χ2n) is 6.62. The van der Waals surface area contributed by atoms with Crippen LogP contribution in [0.15, 0.2) is 18.2 Å². The van der Waals surface area contributed by atoms with Gasteiger partial charge in [0.1, 0.15) is 11.5 Å². The highest BCUT2D eigenvalue weighted by Gasteiger charge is 2.52. The Bertz CT molecular complexity index is 594. The summed E-state index contributed by atoms with van der Waals surface area (Å²) in [5, 5.41) is 9.66. The molecule has 0 radical (unpaired) electrons. The number of carbonyl (C=O) groups excluding carboxylic acids is 1. The number of hydrogen-bond acceptors (Lipinski definition) is 2. The third-order valence-electron chi connectivity index (χ3n) is 5.25. The van der Waals surface area contributed by atoms with Crippen molar-refractivity contribution in [1.82, 2.24) is 0 Å². The van der Waals surface area contributed by atoms with E-state index in [-0.39, 0.29) is 36.7 Å². The fourth-order valence-corrected chi connectivity index (χ4v) is 4.37. The highest BCUT2D eigenvalue weighted by Crippen LogP contribution is 2.53. The normalized spacial score (nSPS) is 28.7. The van der Waals surface area contributed by atoms with Crippen LogP contribution in [0.5, 0.6) is 5.75 Å². The molecular formula is C17H19F3O2. The smallest absolute Gasteiger partial charge is 0.389 e. The van der Waals surface area contributed by atoms with Gasteiger partial charge in [-0.05, 0) is 54.9 Å². The molecule has 0 aromatic heterocycles. The van der Waals surface area contributed by atoms with Crippen LogP contribution in [0.3, 0.4) is 0 Å². The van der Waals surface area contributed by atoms with Crippen molar-refractivity contribution in [3.8, 4) is 5.75 Å². The lowest BCUT2D eigenvalue weighted by molar-refractivity contribution is -0.159. The van der Waals surface area contributed by atoms with E-state index in [1.807, 2.05) is 0 Å². The Balaban J connectivity index is 2.13. The van der Waals surface area contributed by atoms with Gasteiger partial charge in [0.15, 0.2) is 0 Å². The van der Waals surface area contributed by atoms with Crippen molar-refractivity contribution in [3.05, 3.63) is 29.3 Å². The number of benzene rings is 1. The van der Waals surface area contributed by atoms with Gasteiger partial charge in [0.05, 0.1) is 6.42 Å². The van der Waals surface area contributed by atoms with Crippen LogP contribution in [-0.2, 0) is 16.6 Å². The van der Waals surface area contributed by atoms with Crippen molar-refractivity contribution in [2.45, 2.75) is 56.5 Å². The molecule has 22 heavy (non-hydrogen) atoms. The second kappa shape index (κ2) is 5.28. The van der Waals surface area contributed by atoms with Crippen molar-refractivity contribution in [2.75, 3.05) is 0 Å². The minimum absolute atomic E-state index is 0.0741. The largest absolute Gasteiger partial charge is 0.508 e. The molecule has 1 fully saturated rings. The van der Waals surface area contributed by atoms with E-state index in [1.165, 1.54) is 6.07 Å². The highest BCUT2D eigenvalue weighted by atomic mass is 19.4. The monoisotopic (exact) mass is 312 g/mol. The SMILES string of the molecule is O=C1CC[C@]2(CC(F)(F)F)c3ccc(O)cc3CCC[C@@H]2C1. The molecule has 2 nitrogen and oxygen atoms in total. The fraction of sp³-hybridized carbons (Fsp3) is 0.588. The van der Waals surface area contributed by atoms with E-state index in [0.29, 0.717) is 18.4 Å². The van der Waals surface area contributed by atoms with Crippen LogP contribution in [0.1, 0.15) is 49.7 Å². The lowest BCUT2D eigenvalue weighted by Gasteiger charge is -2.44. The quantitative estimate of drug-likeness (QED) is 0.840. The molecule has 120 valence electrons. The minimum Gasteiger partial charge on any atom is -0.508 e. The zero-order valence-corrected chi connectivity index (χ0v) is 12.2. The van der Waals surface area contributed by atoms with Crippen LogP contribution < -0.4 is 0 Å². The molecule has 0 saturated heterocycles. The number of alkyl halides is 3. The maximum atomic E-state index is 13.3. The summed E-state index contributed by atoms with van der Waals surface area (Å²) in [4.78, 5) is 11.8. The van der Waals surface area contributed by atoms with E-state index in [9.17, 15) is 23.1 Å². The first-order valence-corrected chi connectivity index (χ1v) is 7.71. The van der Waals surface area contributed by atoms with E-state index in [1.54, 1.807) is 12.1 Å². The van der Waals surface area contributed by atoms with Crippen molar-refractivity contribution in [2.24, 2.45) is 5.92 Å². The van der Waals surface area contributed by atoms with E-state index in [0.717, 1.165) is 12.0 Å². The Morgan fingerprint density at radius 1 is 1.27 bits per heavy atom. The molecule has 0 heterocycles. The summed E-state index contributed by atoms with van der Waals surface area (Å²) in [6, 6.07) is 4.70. The van der Waals surface area contributed by atoms with Crippen LogP contribution >= 0.6 is 0 Å². The molecule has 0 spiro atoms. The minimum atomic E-state index is -4.27. The summed E-state index contributed by atoms with van der Waals surface area (Å²) in [5.41, 5.74) is 0.491. The number of ketones is 1. The molecule has 0 unspecified atom stereocenters. The van der Waals surface area contributed by atoms with Crippen molar-refractivity contribution in [1.29, 1.82) is 0 Å². The van der Waals surface area contributed by atoms with E-state index >= 15 is 0 Å². The molecular weight excluding hydrogens is 293 g/mol. The number of carbonyl (C=O) groups is 1. The lowest BCUT2D eigenvalue weighted by Crippen LogP contribution is -2.44. The van der Waals surface area contributed by atoms with Gasteiger partial charge in [-0.1, -0.05) is 6.07 Å². The van der Waals surface area contributed by atoms with Crippen LogP contribution in [0.25, 0.3) is 0 Å². The number of phenolic OH excluding ortho intramolecular Hbond substituents is 1. The van der Waals surface area contributed by atoms with Gasteiger partial charge in [0.2, 0.25) is 0 Å². The van der Waals surface area contributed by atoms with Gasteiger partial charge >= 0.3 is 6.18 Å². The molecule has 1 aromatic rings. The number of halogens is 3. The molecule has 1 N–H and O–H groups in total. The number of phenols is 1.